The van der Waals surface area contributed by atoms with E-state index in [0.717, 1.165) is 45.6 Å². The van der Waals surface area contributed by atoms with Gasteiger partial charge in [-0.1, -0.05) is 13.5 Å². The van der Waals surface area contributed by atoms with Crippen molar-refractivity contribution < 1.29 is 4.79 Å². The first-order chi connectivity index (χ1) is 8.11. The van der Waals surface area contributed by atoms with Gasteiger partial charge in [0.05, 0.1) is 0 Å². The fourth-order valence-corrected chi connectivity index (χ4v) is 2.31. The molecule has 0 spiro atoms. The first-order valence-electron chi connectivity index (χ1n) is 6.49. The normalized spacial score (nSPS) is 18.2. The largest absolute Gasteiger partial charge is 0.370 e. The van der Waals surface area contributed by atoms with Crippen molar-refractivity contribution in [2.45, 2.75) is 26.2 Å². The number of likely N-dealkylation sites (N-methyl/N-ethyl adjacent to an activating group) is 1. The predicted octanol–water partition coefficient (Wildman–Crippen LogP) is 0.740. The highest BCUT2D eigenvalue weighted by atomic mass is 16.1. The molecule has 1 aliphatic heterocycles. The molecule has 0 bridgehead atoms. The highest BCUT2D eigenvalue weighted by Gasteiger charge is 2.20. The molecule has 1 rings (SSSR count). The van der Waals surface area contributed by atoms with Crippen LogP contribution in [0.15, 0.2) is 12.2 Å². The highest BCUT2D eigenvalue weighted by molar-refractivity contribution is 5.73. The Balaban J connectivity index is 2.18. The summed E-state index contributed by atoms with van der Waals surface area (Å²) in [5.74, 6) is 0.325. The number of carbonyl (C=O) groups is 1. The smallest absolute Gasteiger partial charge is 0.217 e. The van der Waals surface area contributed by atoms with Gasteiger partial charge in [0, 0.05) is 19.5 Å². The van der Waals surface area contributed by atoms with Gasteiger partial charge in [-0.3, -0.25) is 9.69 Å². The molecule has 0 aromatic heterocycles. The molecular weight excluding hydrogens is 214 g/mol. The zero-order chi connectivity index (χ0) is 12.7. The molecule has 1 amide bonds. The Morgan fingerprint density at radius 1 is 1.47 bits per heavy atom. The summed E-state index contributed by atoms with van der Waals surface area (Å²) in [7, 11) is 0. The molecule has 0 atom stereocenters. The Labute approximate surface area is 104 Å². The number of hydrogen-bond donors (Lipinski definition) is 2. The maximum Gasteiger partial charge on any atom is 0.217 e. The van der Waals surface area contributed by atoms with Crippen molar-refractivity contribution in [3.63, 3.8) is 0 Å². The Hall–Kier alpha value is -0.870. The van der Waals surface area contributed by atoms with Crippen LogP contribution in [-0.4, -0.2) is 43.5 Å². The van der Waals surface area contributed by atoms with E-state index in [-0.39, 0.29) is 5.91 Å². The maximum atomic E-state index is 10.8. The van der Waals surface area contributed by atoms with Gasteiger partial charge in [0.1, 0.15) is 0 Å². The lowest BCUT2D eigenvalue weighted by atomic mass is 9.93. The van der Waals surface area contributed by atoms with E-state index >= 15 is 0 Å². The second kappa shape index (κ2) is 7.45. The summed E-state index contributed by atoms with van der Waals surface area (Å²) in [6.07, 6.45) is 2.71. The highest BCUT2D eigenvalue weighted by Crippen LogP contribution is 2.20. The third-order valence-corrected chi connectivity index (χ3v) is 3.27. The van der Waals surface area contributed by atoms with Gasteiger partial charge in [-0.25, -0.2) is 0 Å². The van der Waals surface area contributed by atoms with Crippen molar-refractivity contribution >= 4 is 5.91 Å². The molecule has 4 nitrogen and oxygen atoms in total. The molecule has 0 aromatic rings. The Morgan fingerprint density at radius 2 is 2.12 bits per heavy atom. The molecule has 0 aromatic carbocycles. The molecule has 1 saturated heterocycles. The zero-order valence-corrected chi connectivity index (χ0v) is 10.9. The quantitative estimate of drug-likeness (QED) is 0.644. The van der Waals surface area contributed by atoms with Gasteiger partial charge in [0.15, 0.2) is 0 Å². The SMILES string of the molecule is C=C(CNCC)CN1CCC(CC(N)=O)CC1. The number of nitrogens with zero attached hydrogens (tertiary/aromatic N) is 1. The molecule has 0 aliphatic carbocycles. The van der Waals surface area contributed by atoms with Crippen LogP contribution >= 0.6 is 0 Å². The van der Waals surface area contributed by atoms with Crippen LogP contribution in [0.25, 0.3) is 0 Å². The summed E-state index contributed by atoms with van der Waals surface area (Å²) >= 11 is 0. The number of amides is 1. The number of nitrogens with one attached hydrogen (secondary N) is 1. The number of hydrogen-bond acceptors (Lipinski definition) is 3. The van der Waals surface area contributed by atoms with E-state index in [1.807, 2.05) is 0 Å². The van der Waals surface area contributed by atoms with E-state index in [4.69, 9.17) is 5.73 Å². The monoisotopic (exact) mass is 239 g/mol. The van der Waals surface area contributed by atoms with Crippen molar-refractivity contribution in [1.82, 2.24) is 10.2 Å². The summed E-state index contributed by atoms with van der Waals surface area (Å²) in [5.41, 5.74) is 6.45. The van der Waals surface area contributed by atoms with E-state index in [2.05, 4.69) is 23.7 Å². The molecule has 0 unspecified atom stereocenters. The third-order valence-electron chi connectivity index (χ3n) is 3.27. The number of piperidine rings is 1. The topological polar surface area (TPSA) is 58.4 Å². The van der Waals surface area contributed by atoms with E-state index in [1.165, 1.54) is 5.57 Å². The van der Waals surface area contributed by atoms with Gasteiger partial charge in [-0.2, -0.15) is 0 Å². The Kier molecular flexibility index (Phi) is 6.22. The summed E-state index contributed by atoms with van der Waals surface area (Å²) < 4.78 is 0. The van der Waals surface area contributed by atoms with Gasteiger partial charge >= 0.3 is 0 Å². The standard InChI is InChI=1S/C13H25N3O/c1-3-15-9-11(2)10-16-6-4-12(5-7-16)8-13(14)17/h12,15H,2-10H2,1H3,(H2,14,17). The van der Waals surface area contributed by atoms with Crippen LogP contribution in [0.4, 0.5) is 0 Å². The molecule has 0 saturated carbocycles. The first-order valence-corrected chi connectivity index (χ1v) is 6.49. The minimum atomic E-state index is -0.167. The van der Waals surface area contributed by atoms with Gasteiger partial charge < -0.3 is 11.1 Å². The number of carbonyl (C=O) groups excluding carboxylic acids is 1. The molecule has 3 N–H and O–H groups in total. The van der Waals surface area contributed by atoms with Crippen molar-refractivity contribution in [3.8, 4) is 0 Å². The fourth-order valence-electron chi connectivity index (χ4n) is 2.31. The van der Waals surface area contributed by atoms with Crippen molar-refractivity contribution in [3.05, 3.63) is 12.2 Å². The van der Waals surface area contributed by atoms with E-state index in [0.29, 0.717) is 12.3 Å². The van der Waals surface area contributed by atoms with Crippen LogP contribution < -0.4 is 11.1 Å². The van der Waals surface area contributed by atoms with Gasteiger partial charge in [0.2, 0.25) is 5.91 Å². The minimum absolute atomic E-state index is 0.167. The van der Waals surface area contributed by atoms with E-state index in [1.54, 1.807) is 0 Å². The van der Waals surface area contributed by atoms with Crippen molar-refractivity contribution in [2.75, 3.05) is 32.7 Å². The second-order valence-corrected chi connectivity index (χ2v) is 4.92. The number of rotatable bonds is 7. The number of likely N-dealkylation sites (tertiary alicyclic amines) is 1. The lowest BCUT2D eigenvalue weighted by Crippen LogP contribution is -2.37. The number of primary amides is 1. The Bertz CT molecular complexity index is 257. The van der Waals surface area contributed by atoms with E-state index < -0.39 is 0 Å². The zero-order valence-electron chi connectivity index (χ0n) is 10.9. The van der Waals surface area contributed by atoms with Crippen molar-refractivity contribution in [2.24, 2.45) is 11.7 Å². The van der Waals surface area contributed by atoms with Crippen LogP contribution in [0, 0.1) is 5.92 Å². The molecule has 1 aliphatic rings. The summed E-state index contributed by atoms with van der Waals surface area (Å²) in [6.45, 7) is 11.1. The minimum Gasteiger partial charge on any atom is -0.370 e. The maximum absolute atomic E-state index is 10.8. The molecular formula is C13H25N3O. The number of nitrogens with two attached hydrogens (primary N) is 1. The first kappa shape index (κ1) is 14.2. The molecule has 98 valence electrons. The molecule has 17 heavy (non-hydrogen) atoms. The van der Waals surface area contributed by atoms with Gasteiger partial charge in [0.25, 0.3) is 0 Å². The summed E-state index contributed by atoms with van der Waals surface area (Å²) in [6, 6.07) is 0. The molecule has 4 heteroatoms. The predicted molar refractivity (Wildman–Crippen MR) is 70.7 cm³/mol. The van der Waals surface area contributed by atoms with Crippen LogP contribution in [0.1, 0.15) is 26.2 Å². The summed E-state index contributed by atoms with van der Waals surface area (Å²) in [5, 5.41) is 3.29. The third kappa shape index (κ3) is 5.84. The Morgan fingerprint density at radius 3 is 2.65 bits per heavy atom. The lowest BCUT2D eigenvalue weighted by Gasteiger charge is -2.31. The second-order valence-electron chi connectivity index (χ2n) is 4.92. The molecule has 1 heterocycles. The summed E-state index contributed by atoms with van der Waals surface area (Å²) in [4.78, 5) is 13.2. The van der Waals surface area contributed by atoms with Crippen LogP contribution in [0.3, 0.4) is 0 Å². The van der Waals surface area contributed by atoms with Crippen LogP contribution in [0.2, 0.25) is 0 Å². The van der Waals surface area contributed by atoms with Crippen molar-refractivity contribution in [1.29, 1.82) is 0 Å². The van der Waals surface area contributed by atoms with Gasteiger partial charge in [-0.15, -0.1) is 0 Å². The average Bonchev–Trinajstić information content (AvgIpc) is 2.28. The molecule has 1 fully saturated rings. The van der Waals surface area contributed by atoms with Gasteiger partial charge in [-0.05, 0) is 44.0 Å². The average molecular weight is 239 g/mol. The fraction of sp³-hybridized carbons (Fsp3) is 0.769. The molecule has 0 radical (unpaired) electrons. The van der Waals surface area contributed by atoms with E-state index in [9.17, 15) is 4.79 Å². The lowest BCUT2D eigenvalue weighted by molar-refractivity contribution is -0.119. The van der Waals surface area contributed by atoms with Crippen LogP contribution in [0.5, 0.6) is 0 Å². The van der Waals surface area contributed by atoms with Crippen LogP contribution in [-0.2, 0) is 4.79 Å².